The van der Waals surface area contributed by atoms with E-state index in [-0.39, 0.29) is 17.7 Å². The van der Waals surface area contributed by atoms with Crippen molar-refractivity contribution in [1.82, 2.24) is 9.62 Å². The van der Waals surface area contributed by atoms with Crippen molar-refractivity contribution < 1.29 is 17.9 Å². The van der Waals surface area contributed by atoms with Crippen molar-refractivity contribution >= 4 is 15.9 Å². The second-order valence-corrected chi connectivity index (χ2v) is 9.45. The second kappa shape index (κ2) is 7.56. The lowest BCUT2D eigenvalue weighted by Crippen LogP contribution is -2.48. The number of piperidine rings is 1. The molecule has 2 aliphatic rings. The molecule has 0 saturated carbocycles. The fourth-order valence-corrected chi connectivity index (χ4v) is 5.07. The van der Waals surface area contributed by atoms with E-state index in [1.54, 1.807) is 6.92 Å². The maximum Gasteiger partial charge on any atom is 0.232 e. The van der Waals surface area contributed by atoms with Gasteiger partial charge >= 0.3 is 0 Å². The smallest absolute Gasteiger partial charge is 0.232 e. The van der Waals surface area contributed by atoms with Crippen molar-refractivity contribution in [3.05, 3.63) is 59.7 Å². The first-order valence-corrected chi connectivity index (χ1v) is 11.2. The van der Waals surface area contributed by atoms with E-state index in [4.69, 9.17) is 4.74 Å². The molecule has 2 aromatic rings. The molecule has 1 saturated heterocycles. The molecule has 6 nitrogen and oxygen atoms in total. The highest BCUT2D eigenvalue weighted by atomic mass is 32.2. The quantitative estimate of drug-likeness (QED) is 0.856. The monoisotopic (exact) mass is 400 g/mol. The van der Waals surface area contributed by atoms with Gasteiger partial charge in [0.05, 0.1) is 11.7 Å². The van der Waals surface area contributed by atoms with Gasteiger partial charge in [0, 0.05) is 30.3 Å². The van der Waals surface area contributed by atoms with Gasteiger partial charge in [0.1, 0.15) is 11.5 Å². The highest BCUT2D eigenvalue weighted by molar-refractivity contribution is 7.89. The number of nitrogens with zero attached hydrogens (tertiary/aromatic N) is 1. The van der Waals surface area contributed by atoms with Gasteiger partial charge in [-0.1, -0.05) is 36.4 Å². The van der Waals surface area contributed by atoms with Crippen LogP contribution in [0.2, 0.25) is 0 Å². The summed E-state index contributed by atoms with van der Waals surface area (Å²) in [6, 6.07) is 15.2. The fraction of sp³-hybridized carbons (Fsp3) is 0.381. The van der Waals surface area contributed by atoms with Gasteiger partial charge < -0.3 is 10.1 Å². The standard InChI is InChI=1S/C21H24N2O4S/c1-2-28(25,26)23-13-11-15(12-14-23)22-21(24)20-16-7-3-5-9-18(16)27-19-10-6-4-8-17(19)20/h3-10,15,20H,2,11-14H2,1H3,(H,22,24). The molecule has 2 heterocycles. The van der Waals surface area contributed by atoms with Crippen LogP contribution in [0.3, 0.4) is 0 Å². The molecule has 28 heavy (non-hydrogen) atoms. The largest absolute Gasteiger partial charge is 0.457 e. The summed E-state index contributed by atoms with van der Waals surface area (Å²) in [5.41, 5.74) is 1.70. The molecule has 4 rings (SSSR count). The number of fused-ring (bicyclic) bond motifs is 2. The van der Waals surface area contributed by atoms with E-state index in [1.807, 2.05) is 48.5 Å². The lowest BCUT2D eigenvalue weighted by atomic mass is 9.87. The molecule has 2 aromatic carbocycles. The van der Waals surface area contributed by atoms with Gasteiger partial charge in [0.15, 0.2) is 0 Å². The fourth-order valence-electron chi connectivity index (χ4n) is 3.94. The van der Waals surface area contributed by atoms with Crippen LogP contribution >= 0.6 is 0 Å². The minimum atomic E-state index is -3.17. The Morgan fingerprint density at radius 2 is 1.57 bits per heavy atom. The van der Waals surface area contributed by atoms with Crippen molar-refractivity contribution in [2.75, 3.05) is 18.8 Å². The topological polar surface area (TPSA) is 75.7 Å². The van der Waals surface area contributed by atoms with E-state index in [2.05, 4.69) is 5.32 Å². The minimum Gasteiger partial charge on any atom is -0.457 e. The van der Waals surface area contributed by atoms with Gasteiger partial charge in [0.25, 0.3) is 0 Å². The van der Waals surface area contributed by atoms with Crippen molar-refractivity contribution in [2.45, 2.75) is 31.7 Å². The second-order valence-electron chi connectivity index (χ2n) is 7.19. The van der Waals surface area contributed by atoms with Gasteiger partial charge in [-0.05, 0) is 31.9 Å². The van der Waals surface area contributed by atoms with E-state index in [9.17, 15) is 13.2 Å². The summed E-state index contributed by atoms with van der Waals surface area (Å²) in [6.07, 6.45) is 1.25. The molecule has 0 aliphatic carbocycles. The first-order valence-electron chi connectivity index (χ1n) is 9.63. The number of para-hydroxylation sites is 2. The normalized spacial score (nSPS) is 18.0. The predicted molar refractivity (Wildman–Crippen MR) is 107 cm³/mol. The molecule has 2 aliphatic heterocycles. The SMILES string of the molecule is CCS(=O)(=O)N1CCC(NC(=O)C2c3ccccc3Oc3ccccc32)CC1. The number of rotatable bonds is 4. The third-order valence-electron chi connectivity index (χ3n) is 5.50. The van der Waals surface area contributed by atoms with Gasteiger partial charge in [-0.3, -0.25) is 4.79 Å². The van der Waals surface area contributed by atoms with Gasteiger partial charge in [0.2, 0.25) is 15.9 Å². The zero-order valence-electron chi connectivity index (χ0n) is 15.8. The minimum absolute atomic E-state index is 0.0297. The summed E-state index contributed by atoms with van der Waals surface area (Å²) in [6.45, 7) is 2.55. The van der Waals surface area contributed by atoms with Crippen LogP contribution in [0, 0.1) is 0 Å². The Bertz CT molecular complexity index is 936. The first kappa shape index (κ1) is 19.0. The Hall–Kier alpha value is -2.38. The van der Waals surface area contributed by atoms with Crippen molar-refractivity contribution in [3.8, 4) is 11.5 Å². The lowest BCUT2D eigenvalue weighted by Gasteiger charge is -2.33. The predicted octanol–water partition coefficient (Wildman–Crippen LogP) is 2.85. The average molecular weight is 401 g/mol. The van der Waals surface area contributed by atoms with Crippen LogP contribution in [-0.4, -0.2) is 43.5 Å². The molecular formula is C21H24N2O4S. The summed E-state index contributed by atoms with van der Waals surface area (Å²) >= 11 is 0. The third kappa shape index (κ3) is 3.52. The number of benzene rings is 2. The van der Waals surface area contributed by atoms with Crippen molar-refractivity contribution in [2.24, 2.45) is 0 Å². The number of nitrogens with one attached hydrogen (secondary N) is 1. The molecule has 0 radical (unpaired) electrons. The number of hydrogen-bond donors (Lipinski definition) is 1. The van der Waals surface area contributed by atoms with Crippen LogP contribution in [0.5, 0.6) is 11.5 Å². The number of ether oxygens (including phenoxy) is 1. The zero-order chi connectivity index (χ0) is 19.7. The van der Waals surface area contributed by atoms with E-state index in [1.165, 1.54) is 4.31 Å². The highest BCUT2D eigenvalue weighted by Crippen LogP contribution is 2.44. The van der Waals surface area contributed by atoms with Crippen LogP contribution in [0.15, 0.2) is 48.5 Å². The third-order valence-corrected chi connectivity index (χ3v) is 7.38. The molecule has 0 atom stereocenters. The number of sulfonamides is 1. The van der Waals surface area contributed by atoms with Gasteiger partial charge in [-0.15, -0.1) is 0 Å². The van der Waals surface area contributed by atoms with Crippen LogP contribution in [-0.2, 0) is 14.8 Å². The van der Waals surface area contributed by atoms with Gasteiger partial charge in [-0.25, -0.2) is 12.7 Å². The van der Waals surface area contributed by atoms with E-state index < -0.39 is 15.9 Å². The zero-order valence-corrected chi connectivity index (χ0v) is 16.6. The number of hydrogen-bond acceptors (Lipinski definition) is 4. The molecule has 0 aromatic heterocycles. The molecular weight excluding hydrogens is 376 g/mol. The first-order chi connectivity index (χ1) is 13.5. The Kier molecular flexibility index (Phi) is 5.12. The maximum atomic E-state index is 13.2. The number of carbonyl (C=O) groups excluding carboxylic acids is 1. The summed E-state index contributed by atoms with van der Waals surface area (Å²) in [5.74, 6) is 1.01. The average Bonchev–Trinajstić information content (AvgIpc) is 2.72. The number of carbonyl (C=O) groups is 1. The summed E-state index contributed by atoms with van der Waals surface area (Å²) in [5, 5.41) is 3.14. The lowest BCUT2D eigenvalue weighted by molar-refractivity contribution is -0.122. The molecule has 148 valence electrons. The number of amides is 1. The molecule has 0 unspecified atom stereocenters. The maximum absolute atomic E-state index is 13.2. The molecule has 1 amide bonds. The summed E-state index contributed by atoms with van der Waals surface area (Å²) < 4.78 is 31.5. The van der Waals surface area contributed by atoms with Gasteiger partial charge in [-0.2, -0.15) is 0 Å². The summed E-state index contributed by atoms with van der Waals surface area (Å²) in [7, 11) is -3.17. The Balaban J connectivity index is 1.52. The molecule has 1 N–H and O–H groups in total. The van der Waals surface area contributed by atoms with Crippen LogP contribution in [0.1, 0.15) is 36.8 Å². The Labute approximate surface area is 165 Å². The molecule has 0 spiro atoms. The molecule has 0 bridgehead atoms. The van der Waals surface area contributed by atoms with E-state index in [0.29, 0.717) is 37.4 Å². The van der Waals surface area contributed by atoms with Crippen LogP contribution < -0.4 is 10.1 Å². The Morgan fingerprint density at radius 1 is 1.04 bits per heavy atom. The van der Waals surface area contributed by atoms with Crippen molar-refractivity contribution in [3.63, 3.8) is 0 Å². The van der Waals surface area contributed by atoms with E-state index >= 15 is 0 Å². The van der Waals surface area contributed by atoms with Crippen molar-refractivity contribution in [1.29, 1.82) is 0 Å². The van der Waals surface area contributed by atoms with Crippen LogP contribution in [0.4, 0.5) is 0 Å². The van der Waals surface area contributed by atoms with Crippen LogP contribution in [0.25, 0.3) is 0 Å². The van der Waals surface area contributed by atoms with E-state index in [0.717, 1.165) is 11.1 Å². The Morgan fingerprint density at radius 3 is 2.11 bits per heavy atom. The molecule has 1 fully saturated rings. The molecule has 7 heteroatoms. The highest BCUT2D eigenvalue weighted by Gasteiger charge is 2.34. The summed E-state index contributed by atoms with van der Waals surface area (Å²) in [4.78, 5) is 13.2.